The Kier molecular flexibility index (Phi) is 5.40. The highest BCUT2D eigenvalue weighted by Gasteiger charge is 2.36. The van der Waals surface area contributed by atoms with Crippen molar-refractivity contribution < 1.29 is 20.3 Å². The number of hydrogen-bond donors (Lipinski definition) is 2. The third-order valence-electron chi connectivity index (χ3n) is 5.64. The second-order valence-electron chi connectivity index (χ2n) is 8.32. The lowest BCUT2D eigenvalue weighted by Crippen LogP contribution is -2.47. The number of piperidine rings is 1. The van der Waals surface area contributed by atoms with Gasteiger partial charge in [-0.1, -0.05) is 13.8 Å². The number of fused-ring (bicyclic) bond motifs is 1. The zero-order chi connectivity index (χ0) is 21.5. The number of alkyl halides is 3. The molecule has 1 fully saturated rings. The van der Waals surface area contributed by atoms with Gasteiger partial charge >= 0.3 is 6.18 Å². The minimum atomic E-state index is -4.54. The van der Waals surface area contributed by atoms with Crippen molar-refractivity contribution in [3.63, 3.8) is 0 Å². The number of nitrogens with two attached hydrogens (primary N) is 1. The molecule has 0 aromatic carbocycles. The van der Waals surface area contributed by atoms with Crippen LogP contribution in [-0.2, 0) is 6.18 Å². The number of halogens is 3. The number of rotatable bonds is 4. The summed E-state index contributed by atoms with van der Waals surface area (Å²) in [6.45, 7) is 5.65. The van der Waals surface area contributed by atoms with Crippen LogP contribution in [0.25, 0.3) is 22.4 Å². The first kappa shape index (κ1) is 20.6. The van der Waals surface area contributed by atoms with Gasteiger partial charge in [-0.25, -0.2) is 9.97 Å². The van der Waals surface area contributed by atoms with Crippen LogP contribution < -0.4 is 10.6 Å². The van der Waals surface area contributed by atoms with E-state index in [9.17, 15) is 13.2 Å². The van der Waals surface area contributed by atoms with Crippen molar-refractivity contribution in [2.24, 2.45) is 17.6 Å². The molecule has 0 radical (unpaired) electrons. The number of nitrogens with one attached hydrogen (secondary N) is 1. The Labute approximate surface area is 180 Å². The summed E-state index contributed by atoms with van der Waals surface area (Å²) >= 11 is 0. The van der Waals surface area contributed by atoms with Crippen molar-refractivity contribution in [1.29, 1.82) is 0 Å². The smallest absolute Gasteiger partial charge is 0.356 e. The summed E-state index contributed by atoms with van der Waals surface area (Å²) in [5, 5.41) is 7.25. The van der Waals surface area contributed by atoms with E-state index < -0.39 is 11.7 Å². The van der Waals surface area contributed by atoms with Crippen LogP contribution in [-0.4, -0.2) is 39.3 Å². The summed E-state index contributed by atoms with van der Waals surface area (Å²) in [7, 11) is 0. The lowest BCUT2D eigenvalue weighted by molar-refractivity contribution is -0.137. The number of aromatic amines is 1. The van der Waals surface area contributed by atoms with Crippen LogP contribution in [0.3, 0.4) is 0 Å². The third-order valence-corrected chi connectivity index (χ3v) is 5.64. The summed E-state index contributed by atoms with van der Waals surface area (Å²) in [4.78, 5) is 10.6. The third kappa shape index (κ3) is 3.98. The molecule has 3 N–H and O–H groups in total. The molecule has 9 heteroatoms. The topological polar surface area (TPSA) is 83.7 Å². The Morgan fingerprint density at radius 3 is 2.83 bits per heavy atom. The Morgan fingerprint density at radius 2 is 2.10 bits per heavy atom. The van der Waals surface area contributed by atoms with Crippen LogP contribution in [0.15, 0.2) is 30.5 Å². The number of nitrogens with zero attached hydrogens (tertiary/aromatic N) is 4. The molecule has 0 bridgehead atoms. The summed E-state index contributed by atoms with van der Waals surface area (Å²) in [6, 6.07) is 6.01. The van der Waals surface area contributed by atoms with E-state index in [1.54, 1.807) is 18.3 Å². The quantitative estimate of drug-likeness (QED) is 0.576. The minimum Gasteiger partial charge on any atom is -0.356 e. The normalized spacial score (nSPS) is 20.3. The fourth-order valence-electron chi connectivity index (χ4n) is 4.19. The predicted molar refractivity (Wildman–Crippen MR) is 120 cm³/mol. The van der Waals surface area contributed by atoms with Crippen LogP contribution in [0.1, 0.15) is 39.4 Å². The van der Waals surface area contributed by atoms with Gasteiger partial charge < -0.3 is 10.6 Å². The van der Waals surface area contributed by atoms with Gasteiger partial charge in [0.2, 0.25) is 0 Å². The number of H-pyrrole nitrogens is 1. The lowest BCUT2D eigenvalue weighted by atomic mass is 9.86. The summed E-state index contributed by atoms with van der Waals surface area (Å²) in [6.07, 6.45) is -1.23. The predicted octanol–water partition coefficient (Wildman–Crippen LogP) is 5.47. The van der Waals surface area contributed by atoms with Gasteiger partial charge in [0.05, 0.1) is 11.3 Å². The van der Waals surface area contributed by atoms with E-state index in [0.717, 1.165) is 18.9 Å². The van der Waals surface area contributed by atoms with Crippen molar-refractivity contribution in [1.82, 2.24) is 20.2 Å². The first-order valence-corrected chi connectivity index (χ1v) is 10.1. The highest BCUT2D eigenvalue weighted by atomic mass is 19.4. The van der Waals surface area contributed by atoms with E-state index in [4.69, 9.17) is 5.73 Å². The Balaban J connectivity index is 0. The first-order valence-electron chi connectivity index (χ1n) is 10.1. The number of aromatic nitrogens is 4. The molecular weight excluding hydrogens is 393 g/mol. The first-order chi connectivity index (χ1) is 14.2. The Bertz CT molecular complexity index is 1050. The maximum Gasteiger partial charge on any atom is 0.418 e. The van der Waals surface area contributed by atoms with Crippen LogP contribution in [0.4, 0.5) is 19.0 Å². The average Bonchev–Trinajstić information content (AvgIpc) is 3.12. The van der Waals surface area contributed by atoms with Crippen molar-refractivity contribution in [2.45, 2.75) is 38.9 Å². The summed E-state index contributed by atoms with van der Waals surface area (Å²) in [5.74, 6) is 1.30. The second kappa shape index (κ2) is 7.86. The van der Waals surface area contributed by atoms with Gasteiger partial charge in [-0.3, -0.25) is 5.10 Å². The molecule has 30 heavy (non-hydrogen) atoms. The molecule has 6 nitrogen and oxygen atoms in total. The van der Waals surface area contributed by atoms with Crippen molar-refractivity contribution in [3.8, 4) is 11.4 Å². The summed E-state index contributed by atoms with van der Waals surface area (Å²) < 4.78 is 41.3. The fraction of sp³-hybridized carbons (Fsp3) is 0.476. The molecule has 2 atom stereocenters. The molecule has 4 rings (SSSR count). The van der Waals surface area contributed by atoms with Crippen molar-refractivity contribution in [2.75, 3.05) is 18.0 Å². The average molecular weight is 429 g/mol. The maximum atomic E-state index is 13.8. The molecule has 0 aliphatic carbocycles. The zero-order valence-corrected chi connectivity index (χ0v) is 16.9. The molecule has 170 valence electrons. The van der Waals surface area contributed by atoms with Gasteiger partial charge in [0.1, 0.15) is 11.5 Å². The van der Waals surface area contributed by atoms with Crippen LogP contribution in [0, 0.1) is 11.8 Å². The molecule has 0 saturated carbocycles. The molecule has 3 aromatic heterocycles. The van der Waals surface area contributed by atoms with Crippen LogP contribution >= 0.6 is 0 Å². The minimum absolute atomic E-state index is 0. The highest BCUT2D eigenvalue weighted by Crippen LogP contribution is 2.39. The van der Waals surface area contributed by atoms with Gasteiger partial charge in [0.25, 0.3) is 0 Å². The fourth-order valence-corrected chi connectivity index (χ4v) is 4.19. The standard InChI is InChI=1S/C21H25F3N6.5H2/c1-12(2)10-13-11-30(9-7-16(13)25)17-6-5-15(21(22,23)24)19(27-17)18-14-4-3-8-26-20(14)29-28-18;;;;;/h3-6,8,12-13,16H,7,9-11,25H2,1-2H3,(H,26,28,29);5*1H/t13-,16-;;;;;/m0...../s1. The molecular formula is C21H35F3N6. The van der Waals surface area contributed by atoms with E-state index in [2.05, 4.69) is 34.0 Å². The Hall–Kier alpha value is -2.68. The monoisotopic (exact) mass is 428 g/mol. The highest BCUT2D eigenvalue weighted by molar-refractivity contribution is 5.90. The molecule has 4 heterocycles. The van der Waals surface area contributed by atoms with E-state index in [1.165, 1.54) is 6.07 Å². The van der Waals surface area contributed by atoms with E-state index in [1.807, 2.05) is 4.90 Å². The number of hydrogen-bond acceptors (Lipinski definition) is 5. The van der Waals surface area contributed by atoms with Crippen molar-refractivity contribution in [3.05, 3.63) is 36.0 Å². The molecule has 0 unspecified atom stereocenters. The van der Waals surface area contributed by atoms with Gasteiger partial charge in [-0.2, -0.15) is 18.3 Å². The lowest BCUT2D eigenvalue weighted by Gasteiger charge is -2.38. The summed E-state index contributed by atoms with van der Waals surface area (Å²) in [5.41, 5.74) is 5.92. The van der Waals surface area contributed by atoms with Gasteiger partial charge in [0.15, 0.2) is 5.65 Å². The van der Waals surface area contributed by atoms with E-state index >= 15 is 0 Å². The van der Waals surface area contributed by atoms with Gasteiger partial charge in [0, 0.05) is 37.8 Å². The molecule has 3 aromatic rings. The van der Waals surface area contributed by atoms with E-state index in [0.29, 0.717) is 35.9 Å². The maximum absolute atomic E-state index is 13.8. The molecule has 1 saturated heterocycles. The van der Waals surface area contributed by atoms with Gasteiger partial charge in [-0.15, -0.1) is 0 Å². The van der Waals surface area contributed by atoms with E-state index in [-0.39, 0.29) is 30.5 Å². The largest absolute Gasteiger partial charge is 0.418 e. The van der Waals surface area contributed by atoms with Crippen LogP contribution in [0.5, 0.6) is 0 Å². The molecule has 0 spiro atoms. The molecule has 0 amide bonds. The molecule has 1 aliphatic heterocycles. The number of anilines is 1. The Morgan fingerprint density at radius 1 is 1.30 bits per heavy atom. The second-order valence-corrected chi connectivity index (χ2v) is 8.32. The zero-order valence-electron chi connectivity index (χ0n) is 16.9. The van der Waals surface area contributed by atoms with Gasteiger partial charge in [-0.05, 0) is 48.9 Å². The van der Waals surface area contributed by atoms with Crippen LogP contribution in [0.2, 0.25) is 0 Å². The molecule has 1 aliphatic rings. The SMILES string of the molecule is CC(C)C[C@H]1CN(c2ccc(C(F)(F)F)c(-c3[nH]nc4ncccc34)n2)CC[C@@H]1N.[HH].[HH].[HH].[HH].[HH]. The number of pyridine rings is 2. The van der Waals surface area contributed by atoms with Crippen molar-refractivity contribution >= 4 is 16.9 Å².